The second-order valence-corrected chi connectivity index (χ2v) is 6.64. The van der Waals surface area contributed by atoms with Crippen molar-refractivity contribution in [3.05, 3.63) is 48.0 Å². The monoisotopic (exact) mass is 370 g/mol. The van der Waals surface area contributed by atoms with E-state index in [1.807, 2.05) is 37.3 Å². The van der Waals surface area contributed by atoms with E-state index < -0.39 is 25.8 Å². The lowest BCUT2D eigenvalue weighted by Gasteiger charge is -2.27. The second kappa shape index (κ2) is 11.2. The Bertz CT molecular complexity index is 576. The van der Waals surface area contributed by atoms with Gasteiger partial charge in [0, 0.05) is 5.92 Å². The van der Waals surface area contributed by atoms with Crippen LogP contribution in [0.3, 0.4) is 0 Å². The Morgan fingerprint density at radius 2 is 1.68 bits per heavy atom. The standard InChI is InChI=1S/C18H27O6P/c1-5-12-16(15-13-10-9-11-14-15)17(18(19)21-6-2)24-25(20,22-7-3)23-8-4/h5,9-14,16-17H,6-8H2,1-4H3/b12-5+. The molecule has 0 aliphatic carbocycles. The summed E-state index contributed by atoms with van der Waals surface area (Å²) in [6, 6.07) is 9.33. The van der Waals surface area contributed by atoms with Crippen LogP contribution in [0.1, 0.15) is 39.2 Å². The van der Waals surface area contributed by atoms with Crippen molar-refractivity contribution in [3.8, 4) is 0 Å². The van der Waals surface area contributed by atoms with Gasteiger partial charge in [-0.05, 0) is 33.3 Å². The highest BCUT2D eigenvalue weighted by Crippen LogP contribution is 2.52. The van der Waals surface area contributed by atoms with Gasteiger partial charge in [0.05, 0.1) is 19.8 Å². The Labute approximate surface area is 149 Å². The minimum Gasteiger partial charge on any atom is -0.464 e. The highest BCUT2D eigenvalue weighted by atomic mass is 31.2. The van der Waals surface area contributed by atoms with Crippen molar-refractivity contribution in [2.45, 2.75) is 39.7 Å². The molecule has 140 valence electrons. The Balaban J connectivity index is 3.24. The minimum absolute atomic E-state index is 0.131. The zero-order valence-electron chi connectivity index (χ0n) is 15.2. The maximum atomic E-state index is 12.8. The Hall–Kier alpha value is -1.46. The van der Waals surface area contributed by atoms with Crippen LogP contribution in [0.15, 0.2) is 42.5 Å². The number of esters is 1. The summed E-state index contributed by atoms with van der Waals surface area (Å²) < 4.78 is 33.8. The van der Waals surface area contributed by atoms with Crippen LogP contribution >= 0.6 is 7.82 Å². The van der Waals surface area contributed by atoms with Gasteiger partial charge in [-0.3, -0.25) is 13.6 Å². The molecule has 0 spiro atoms. The molecule has 0 amide bonds. The maximum Gasteiger partial charge on any atom is 0.475 e. The van der Waals surface area contributed by atoms with Gasteiger partial charge in [0.25, 0.3) is 0 Å². The van der Waals surface area contributed by atoms with E-state index in [0.29, 0.717) is 0 Å². The fourth-order valence-corrected chi connectivity index (χ4v) is 3.63. The van der Waals surface area contributed by atoms with Gasteiger partial charge < -0.3 is 4.74 Å². The summed E-state index contributed by atoms with van der Waals surface area (Å²) in [5.41, 5.74) is 0.832. The van der Waals surface area contributed by atoms with E-state index in [4.69, 9.17) is 18.3 Å². The molecule has 1 aromatic rings. The average molecular weight is 370 g/mol. The molecule has 0 aliphatic heterocycles. The van der Waals surface area contributed by atoms with Crippen LogP contribution in [-0.2, 0) is 27.7 Å². The highest BCUT2D eigenvalue weighted by molar-refractivity contribution is 7.48. The van der Waals surface area contributed by atoms with Gasteiger partial charge in [-0.25, -0.2) is 9.36 Å². The molecular formula is C18H27O6P. The van der Waals surface area contributed by atoms with Crippen molar-refractivity contribution in [1.29, 1.82) is 0 Å². The fourth-order valence-electron chi connectivity index (χ4n) is 2.30. The van der Waals surface area contributed by atoms with E-state index >= 15 is 0 Å². The molecule has 6 nitrogen and oxygen atoms in total. The Morgan fingerprint density at radius 1 is 1.08 bits per heavy atom. The number of phosphoric acid groups is 1. The smallest absolute Gasteiger partial charge is 0.464 e. The third-order valence-electron chi connectivity index (χ3n) is 3.25. The van der Waals surface area contributed by atoms with E-state index in [1.165, 1.54) is 0 Å². The van der Waals surface area contributed by atoms with Crippen molar-refractivity contribution in [3.63, 3.8) is 0 Å². The molecule has 1 aromatic carbocycles. The number of carbonyl (C=O) groups excluding carboxylic acids is 1. The third kappa shape index (κ3) is 6.75. The van der Waals surface area contributed by atoms with Crippen molar-refractivity contribution in [1.82, 2.24) is 0 Å². The summed E-state index contributed by atoms with van der Waals surface area (Å²) in [7, 11) is -3.89. The van der Waals surface area contributed by atoms with E-state index in [-0.39, 0.29) is 19.8 Å². The number of hydrogen-bond acceptors (Lipinski definition) is 6. The molecule has 0 heterocycles. The molecule has 0 N–H and O–H groups in total. The summed E-state index contributed by atoms with van der Waals surface area (Å²) in [5, 5.41) is 0. The SMILES string of the molecule is C/C=C/C(c1ccccc1)C(OP(=O)(OCC)OCC)C(=O)OCC. The van der Waals surface area contributed by atoms with Gasteiger partial charge in [-0.1, -0.05) is 42.5 Å². The van der Waals surface area contributed by atoms with E-state index in [9.17, 15) is 9.36 Å². The molecule has 2 atom stereocenters. The molecule has 0 aliphatic rings. The highest BCUT2D eigenvalue weighted by Gasteiger charge is 2.39. The first kappa shape index (κ1) is 21.6. The summed E-state index contributed by atoms with van der Waals surface area (Å²) >= 11 is 0. The minimum atomic E-state index is -3.89. The lowest BCUT2D eigenvalue weighted by Crippen LogP contribution is -2.32. The van der Waals surface area contributed by atoms with Crippen LogP contribution in [0.25, 0.3) is 0 Å². The van der Waals surface area contributed by atoms with Crippen LogP contribution in [0.4, 0.5) is 0 Å². The zero-order valence-corrected chi connectivity index (χ0v) is 16.1. The van der Waals surface area contributed by atoms with E-state index in [1.54, 1.807) is 32.9 Å². The first-order valence-electron chi connectivity index (χ1n) is 8.43. The number of carbonyl (C=O) groups is 1. The molecular weight excluding hydrogens is 343 g/mol. The molecule has 1 rings (SSSR count). The quantitative estimate of drug-likeness (QED) is 0.325. The van der Waals surface area contributed by atoms with Gasteiger partial charge in [0.2, 0.25) is 0 Å². The lowest BCUT2D eigenvalue weighted by atomic mass is 9.93. The molecule has 0 aromatic heterocycles. The summed E-state index contributed by atoms with van der Waals surface area (Å²) in [4.78, 5) is 12.5. The second-order valence-electron chi connectivity index (χ2n) is 5.02. The van der Waals surface area contributed by atoms with Crippen LogP contribution in [0.5, 0.6) is 0 Å². The van der Waals surface area contributed by atoms with E-state index in [0.717, 1.165) is 5.56 Å². The molecule has 0 saturated carbocycles. The average Bonchev–Trinajstić information content (AvgIpc) is 2.59. The predicted octanol–water partition coefficient (Wildman–Crippen LogP) is 4.48. The first-order chi connectivity index (χ1) is 12.0. The topological polar surface area (TPSA) is 71.1 Å². The number of rotatable bonds is 11. The number of phosphoric ester groups is 1. The third-order valence-corrected chi connectivity index (χ3v) is 4.88. The first-order valence-corrected chi connectivity index (χ1v) is 9.89. The predicted molar refractivity (Wildman–Crippen MR) is 96.4 cm³/mol. The zero-order chi connectivity index (χ0) is 18.7. The van der Waals surface area contributed by atoms with Crippen molar-refractivity contribution >= 4 is 13.8 Å². The molecule has 7 heteroatoms. The van der Waals surface area contributed by atoms with Gasteiger partial charge in [-0.15, -0.1) is 0 Å². The lowest BCUT2D eigenvalue weighted by molar-refractivity contribution is -0.153. The number of hydrogen-bond donors (Lipinski definition) is 0. The largest absolute Gasteiger partial charge is 0.475 e. The van der Waals surface area contributed by atoms with Gasteiger partial charge in [0.15, 0.2) is 6.10 Å². The van der Waals surface area contributed by atoms with Gasteiger partial charge >= 0.3 is 13.8 Å². The fraction of sp³-hybridized carbons (Fsp3) is 0.500. The van der Waals surface area contributed by atoms with Crippen LogP contribution < -0.4 is 0 Å². The van der Waals surface area contributed by atoms with Crippen LogP contribution in [0.2, 0.25) is 0 Å². The van der Waals surface area contributed by atoms with Crippen LogP contribution in [0, 0.1) is 0 Å². The van der Waals surface area contributed by atoms with E-state index in [2.05, 4.69) is 0 Å². The normalized spacial score (nSPS) is 14.4. The summed E-state index contributed by atoms with van der Waals surface area (Å²) in [6.07, 6.45) is 2.46. The molecule has 0 fully saturated rings. The Morgan fingerprint density at radius 3 is 2.16 bits per heavy atom. The molecule has 0 radical (unpaired) electrons. The summed E-state index contributed by atoms with van der Waals surface area (Å²) in [6.45, 7) is 7.34. The molecule has 25 heavy (non-hydrogen) atoms. The number of ether oxygens (including phenoxy) is 1. The Kier molecular flexibility index (Phi) is 9.68. The number of allylic oxidation sites excluding steroid dienone is 1. The van der Waals surface area contributed by atoms with Crippen molar-refractivity contribution in [2.75, 3.05) is 19.8 Å². The molecule has 2 unspecified atom stereocenters. The summed E-state index contributed by atoms with van der Waals surface area (Å²) in [5.74, 6) is -1.10. The number of benzene rings is 1. The molecule has 0 bridgehead atoms. The van der Waals surface area contributed by atoms with Crippen LogP contribution in [-0.4, -0.2) is 31.9 Å². The maximum absolute atomic E-state index is 12.8. The van der Waals surface area contributed by atoms with Crippen molar-refractivity contribution < 1.29 is 27.7 Å². The van der Waals surface area contributed by atoms with Gasteiger partial charge in [-0.2, -0.15) is 0 Å². The van der Waals surface area contributed by atoms with Gasteiger partial charge in [0.1, 0.15) is 0 Å². The van der Waals surface area contributed by atoms with Crippen molar-refractivity contribution in [2.24, 2.45) is 0 Å². The molecule has 0 saturated heterocycles.